The van der Waals surface area contributed by atoms with Crippen molar-refractivity contribution in [2.45, 2.75) is 19.9 Å². The largest absolute Gasteiger partial charge is 0.394 e. The molecule has 0 aromatic carbocycles. The average molecular weight is 211 g/mol. The molecule has 0 bridgehead atoms. The van der Waals surface area contributed by atoms with Gasteiger partial charge in [-0.15, -0.1) is 0 Å². The van der Waals surface area contributed by atoms with Crippen molar-refractivity contribution in [2.75, 3.05) is 11.9 Å². The molecule has 2 N–H and O–H groups in total. The first-order chi connectivity index (χ1) is 7.04. The summed E-state index contributed by atoms with van der Waals surface area (Å²) in [5, 5.41) is 22.2. The molecular weight excluding hydrogens is 198 g/mol. The molecule has 0 aliphatic carbocycles. The van der Waals surface area contributed by atoms with E-state index in [9.17, 15) is 10.1 Å². The van der Waals surface area contributed by atoms with Crippen LogP contribution in [0.5, 0.6) is 0 Å². The van der Waals surface area contributed by atoms with Crippen LogP contribution in [0.2, 0.25) is 0 Å². The third kappa shape index (κ3) is 2.88. The highest BCUT2D eigenvalue weighted by Gasteiger charge is 2.10. The Morgan fingerprint density at radius 1 is 1.73 bits per heavy atom. The Labute approximate surface area is 87.1 Å². The molecule has 6 nitrogen and oxygen atoms in total. The van der Waals surface area contributed by atoms with E-state index in [4.69, 9.17) is 5.11 Å². The van der Waals surface area contributed by atoms with E-state index < -0.39 is 4.92 Å². The van der Waals surface area contributed by atoms with Gasteiger partial charge >= 0.3 is 0 Å². The van der Waals surface area contributed by atoms with E-state index in [1.165, 1.54) is 12.3 Å². The Bertz CT molecular complexity index is 368. The Morgan fingerprint density at radius 2 is 2.40 bits per heavy atom. The fourth-order valence-corrected chi connectivity index (χ4v) is 1.09. The molecule has 1 aromatic heterocycles. The molecule has 1 unspecified atom stereocenters. The summed E-state index contributed by atoms with van der Waals surface area (Å²) < 4.78 is 0. The minimum atomic E-state index is -0.487. The Kier molecular flexibility index (Phi) is 3.56. The highest BCUT2D eigenvalue weighted by Crippen LogP contribution is 2.18. The molecule has 0 aliphatic heterocycles. The zero-order valence-electron chi connectivity index (χ0n) is 8.60. The summed E-state index contributed by atoms with van der Waals surface area (Å²) in [7, 11) is 0. The maximum absolute atomic E-state index is 10.4. The summed E-state index contributed by atoms with van der Waals surface area (Å²) in [5.74, 6) is 0.558. The fraction of sp³-hybridized carbons (Fsp3) is 0.444. The van der Waals surface area contributed by atoms with Crippen LogP contribution >= 0.6 is 0 Å². The number of anilines is 1. The van der Waals surface area contributed by atoms with Crippen molar-refractivity contribution in [3.05, 3.63) is 27.9 Å². The normalized spacial score (nSPS) is 12.2. The van der Waals surface area contributed by atoms with Crippen molar-refractivity contribution >= 4 is 11.5 Å². The first-order valence-corrected chi connectivity index (χ1v) is 4.53. The van der Waals surface area contributed by atoms with Crippen molar-refractivity contribution in [1.82, 2.24) is 4.98 Å². The van der Waals surface area contributed by atoms with E-state index in [0.29, 0.717) is 11.4 Å². The van der Waals surface area contributed by atoms with E-state index in [1.54, 1.807) is 13.8 Å². The topological polar surface area (TPSA) is 88.3 Å². The summed E-state index contributed by atoms with van der Waals surface area (Å²) in [6, 6.07) is 1.32. The number of nitrogens with zero attached hydrogens (tertiary/aromatic N) is 2. The summed E-state index contributed by atoms with van der Waals surface area (Å²) in [6.07, 6.45) is 1.19. The number of pyridine rings is 1. The molecule has 15 heavy (non-hydrogen) atoms. The van der Waals surface area contributed by atoms with Gasteiger partial charge in [0.25, 0.3) is 5.69 Å². The van der Waals surface area contributed by atoms with Gasteiger partial charge in [-0.25, -0.2) is 4.98 Å². The molecule has 1 aromatic rings. The first-order valence-electron chi connectivity index (χ1n) is 4.53. The maximum atomic E-state index is 10.4. The number of aromatic nitrogens is 1. The van der Waals surface area contributed by atoms with Crippen LogP contribution in [0.4, 0.5) is 11.5 Å². The molecule has 1 atom stereocenters. The zero-order chi connectivity index (χ0) is 11.4. The van der Waals surface area contributed by atoms with Crippen LogP contribution in [0.25, 0.3) is 0 Å². The Hall–Kier alpha value is -1.69. The van der Waals surface area contributed by atoms with Gasteiger partial charge in [0, 0.05) is 12.1 Å². The van der Waals surface area contributed by atoms with Crippen molar-refractivity contribution in [3.8, 4) is 0 Å². The summed E-state index contributed by atoms with van der Waals surface area (Å²) in [5.41, 5.74) is 0.652. The number of aliphatic hydroxyl groups is 1. The SMILES string of the molecule is Cc1cc([N+](=O)[O-])cnc1NC(C)CO. The molecule has 0 saturated carbocycles. The predicted molar refractivity (Wildman–Crippen MR) is 55.8 cm³/mol. The number of nitro groups is 1. The van der Waals surface area contributed by atoms with Crippen LogP contribution in [0, 0.1) is 17.0 Å². The van der Waals surface area contributed by atoms with Gasteiger partial charge in [0.1, 0.15) is 12.0 Å². The lowest BCUT2D eigenvalue weighted by Crippen LogP contribution is -2.20. The van der Waals surface area contributed by atoms with Gasteiger partial charge in [-0.3, -0.25) is 10.1 Å². The lowest BCUT2D eigenvalue weighted by Gasteiger charge is -2.12. The average Bonchev–Trinajstić information content (AvgIpc) is 2.20. The van der Waals surface area contributed by atoms with E-state index in [-0.39, 0.29) is 18.3 Å². The van der Waals surface area contributed by atoms with E-state index in [0.717, 1.165) is 0 Å². The van der Waals surface area contributed by atoms with Crippen LogP contribution in [-0.4, -0.2) is 27.7 Å². The fourth-order valence-electron chi connectivity index (χ4n) is 1.09. The minimum absolute atomic E-state index is 0.0158. The van der Waals surface area contributed by atoms with Crippen LogP contribution in [-0.2, 0) is 0 Å². The third-order valence-electron chi connectivity index (χ3n) is 1.93. The molecule has 0 saturated heterocycles. The van der Waals surface area contributed by atoms with Crippen LogP contribution in [0.1, 0.15) is 12.5 Å². The number of nitrogens with one attached hydrogen (secondary N) is 1. The van der Waals surface area contributed by atoms with Gasteiger partial charge in [-0.1, -0.05) is 0 Å². The number of hydrogen-bond donors (Lipinski definition) is 2. The summed E-state index contributed by atoms with van der Waals surface area (Å²) in [4.78, 5) is 13.9. The van der Waals surface area contributed by atoms with Crippen molar-refractivity contribution in [1.29, 1.82) is 0 Å². The smallest absolute Gasteiger partial charge is 0.287 e. The summed E-state index contributed by atoms with van der Waals surface area (Å²) in [6.45, 7) is 3.51. The second-order valence-electron chi connectivity index (χ2n) is 3.34. The van der Waals surface area contributed by atoms with E-state index in [1.807, 2.05) is 0 Å². The molecule has 1 heterocycles. The quantitative estimate of drug-likeness (QED) is 0.575. The van der Waals surface area contributed by atoms with E-state index in [2.05, 4.69) is 10.3 Å². The molecule has 1 rings (SSSR count). The van der Waals surface area contributed by atoms with Gasteiger partial charge in [0.05, 0.1) is 11.5 Å². The standard InChI is InChI=1S/C9H13N3O3/c1-6-3-8(12(14)15)4-10-9(6)11-7(2)5-13/h3-4,7,13H,5H2,1-2H3,(H,10,11). The maximum Gasteiger partial charge on any atom is 0.287 e. The van der Waals surface area contributed by atoms with Gasteiger partial charge in [0.15, 0.2) is 0 Å². The molecular formula is C9H13N3O3. The molecule has 0 spiro atoms. The third-order valence-corrected chi connectivity index (χ3v) is 1.93. The number of aliphatic hydroxyl groups excluding tert-OH is 1. The number of aryl methyl sites for hydroxylation is 1. The van der Waals surface area contributed by atoms with Gasteiger partial charge < -0.3 is 10.4 Å². The highest BCUT2D eigenvalue weighted by atomic mass is 16.6. The van der Waals surface area contributed by atoms with Gasteiger partial charge in [0.2, 0.25) is 0 Å². The predicted octanol–water partition coefficient (Wildman–Crippen LogP) is 1.09. The van der Waals surface area contributed by atoms with Crippen LogP contribution in [0.15, 0.2) is 12.3 Å². The van der Waals surface area contributed by atoms with Crippen molar-refractivity contribution in [3.63, 3.8) is 0 Å². The molecule has 0 amide bonds. The van der Waals surface area contributed by atoms with Crippen molar-refractivity contribution < 1.29 is 10.0 Å². The van der Waals surface area contributed by atoms with Crippen LogP contribution < -0.4 is 5.32 Å². The van der Waals surface area contributed by atoms with Gasteiger partial charge in [-0.05, 0) is 19.4 Å². The second kappa shape index (κ2) is 4.70. The van der Waals surface area contributed by atoms with Crippen LogP contribution in [0.3, 0.4) is 0 Å². The monoisotopic (exact) mass is 211 g/mol. The number of rotatable bonds is 4. The second-order valence-corrected chi connectivity index (χ2v) is 3.34. The first kappa shape index (κ1) is 11.4. The highest BCUT2D eigenvalue weighted by molar-refractivity contribution is 5.48. The lowest BCUT2D eigenvalue weighted by molar-refractivity contribution is -0.385. The molecule has 0 aliphatic rings. The molecule has 6 heteroatoms. The summed E-state index contributed by atoms with van der Waals surface area (Å²) >= 11 is 0. The molecule has 0 fully saturated rings. The molecule has 0 radical (unpaired) electrons. The number of hydrogen-bond acceptors (Lipinski definition) is 5. The Balaban J connectivity index is 2.88. The molecule has 82 valence electrons. The Morgan fingerprint density at radius 3 is 2.87 bits per heavy atom. The minimum Gasteiger partial charge on any atom is -0.394 e. The zero-order valence-corrected chi connectivity index (χ0v) is 8.60. The van der Waals surface area contributed by atoms with E-state index >= 15 is 0 Å². The van der Waals surface area contributed by atoms with Gasteiger partial charge in [-0.2, -0.15) is 0 Å². The van der Waals surface area contributed by atoms with Crippen molar-refractivity contribution in [2.24, 2.45) is 0 Å². The lowest BCUT2D eigenvalue weighted by atomic mass is 10.2.